The molecule has 0 amide bonds. The van der Waals surface area contributed by atoms with Crippen molar-refractivity contribution in [3.8, 4) is 0 Å². The predicted molar refractivity (Wildman–Crippen MR) is 51.4 cm³/mol. The quantitative estimate of drug-likeness (QED) is 0.361. The van der Waals surface area contributed by atoms with Crippen LogP contribution in [0.5, 0.6) is 0 Å². The van der Waals surface area contributed by atoms with E-state index in [0.717, 1.165) is 6.20 Å². The molecule has 94 valence electrons. The van der Waals surface area contributed by atoms with Crippen LogP contribution in [0.3, 0.4) is 0 Å². The third-order valence-electron chi connectivity index (χ3n) is 2.60. The van der Waals surface area contributed by atoms with Crippen LogP contribution in [0.1, 0.15) is 18.2 Å². The Hall–Kier alpha value is -1.71. The number of aliphatic hydroxyl groups excluding tert-OH is 2. The fourth-order valence-electron chi connectivity index (χ4n) is 1.80. The van der Waals surface area contributed by atoms with Crippen LogP contribution in [0, 0.1) is 10.1 Å². The minimum absolute atomic E-state index is 0.0137. The van der Waals surface area contributed by atoms with Crippen molar-refractivity contribution in [2.75, 3.05) is 6.61 Å². The molecule has 3 atom stereocenters. The summed E-state index contributed by atoms with van der Waals surface area (Å²) in [5.41, 5.74) is -0.0137. The molecule has 0 saturated carbocycles. The highest BCUT2D eigenvalue weighted by molar-refractivity contribution is 5.17. The largest absolute Gasteiger partial charge is 0.471 e. The Bertz CT molecular complexity index is 433. The first-order valence-electron chi connectivity index (χ1n) is 4.90. The van der Waals surface area contributed by atoms with Gasteiger partial charge in [0.15, 0.2) is 5.69 Å². The first-order chi connectivity index (χ1) is 8.04. The van der Waals surface area contributed by atoms with Crippen molar-refractivity contribution in [2.24, 2.45) is 0 Å². The van der Waals surface area contributed by atoms with Crippen molar-refractivity contribution >= 4 is 5.95 Å². The molecule has 1 saturated heterocycles. The number of nitrogens with zero attached hydrogens (tertiary/aromatic N) is 3. The average molecular weight is 245 g/mol. The van der Waals surface area contributed by atoms with Gasteiger partial charge in [-0.15, -0.1) is 0 Å². The topological polar surface area (TPSA) is 131 Å². The molecule has 0 aromatic carbocycles. The van der Waals surface area contributed by atoms with E-state index in [4.69, 9.17) is 9.84 Å². The van der Waals surface area contributed by atoms with E-state index in [1.54, 1.807) is 0 Å². The third kappa shape index (κ3) is 1.95. The lowest BCUT2D eigenvalue weighted by Crippen LogP contribution is -2.16. The van der Waals surface area contributed by atoms with Crippen molar-refractivity contribution in [2.45, 2.75) is 24.7 Å². The van der Waals surface area contributed by atoms with Gasteiger partial charge in [0.2, 0.25) is 0 Å². The molecule has 3 N–H and O–H groups in total. The highest BCUT2D eigenvalue weighted by Crippen LogP contribution is 2.33. The lowest BCUT2D eigenvalue weighted by Gasteiger charge is -2.10. The summed E-state index contributed by atoms with van der Waals surface area (Å²) in [6.45, 7) is -0.269. The van der Waals surface area contributed by atoms with Crippen molar-refractivity contribution in [1.82, 2.24) is 9.71 Å². The van der Waals surface area contributed by atoms with Gasteiger partial charge in [-0.1, -0.05) is 4.98 Å². The van der Waals surface area contributed by atoms with Gasteiger partial charge >= 0.3 is 5.95 Å². The minimum Gasteiger partial charge on any atom is -0.394 e. The van der Waals surface area contributed by atoms with E-state index < -0.39 is 29.2 Å². The molecule has 0 radical (unpaired) electrons. The first-order valence-corrected chi connectivity index (χ1v) is 4.90. The van der Waals surface area contributed by atoms with Crippen molar-refractivity contribution in [3.63, 3.8) is 0 Å². The molecule has 1 aliphatic heterocycles. The molecule has 1 aliphatic rings. The minimum atomic E-state index is -0.950. The number of aliphatic hydroxyl groups is 2. The molecule has 1 fully saturated rings. The summed E-state index contributed by atoms with van der Waals surface area (Å²) in [5.74, 6) is -0.747. The van der Waals surface area contributed by atoms with Crippen LogP contribution in [-0.4, -0.2) is 48.9 Å². The number of rotatable bonds is 3. The first kappa shape index (κ1) is 11.8. The van der Waals surface area contributed by atoms with Crippen LogP contribution in [0.2, 0.25) is 0 Å². The standard InChI is InChI=1S/C8H11N3O6/c12-3-4-1-6(13)7(17-4)5-2-9-8(10(5)14)11(15)16/h2,4,6-7,12-14H,1,3H2/t4-,6-,7-/m0/s1. The Balaban J connectivity index is 2.26. The second-order valence-corrected chi connectivity index (χ2v) is 3.72. The number of ether oxygens (including phenoxy) is 1. The molecule has 1 aromatic heterocycles. The van der Waals surface area contributed by atoms with E-state index in [2.05, 4.69) is 4.98 Å². The zero-order chi connectivity index (χ0) is 12.6. The molecule has 0 aliphatic carbocycles. The number of nitro groups is 1. The summed E-state index contributed by atoms with van der Waals surface area (Å²) in [6.07, 6.45) is -1.18. The Morgan fingerprint density at radius 2 is 2.41 bits per heavy atom. The molecule has 0 bridgehead atoms. The van der Waals surface area contributed by atoms with Gasteiger partial charge < -0.3 is 30.3 Å². The molecule has 0 unspecified atom stereocenters. The molecule has 2 rings (SSSR count). The van der Waals surface area contributed by atoms with Gasteiger partial charge in [-0.25, -0.2) is 0 Å². The Morgan fingerprint density at radius 3 is 2.88 bits per heavy atom. The molecular formula is C8H11N3O6. The molecular weight excluding hydrogens is 234 g/mol. The highest BCUT2D eigenvalue weighted by atomic mass is 16.6. The van der Waals surface area contributed by atoms with Gasteiger partial charge in [-0.05, 0) is 9.65 Å². The maximum Gasteiger partial charge on any atom is 0.471 e. The Morgan fingerprint density at radius 1 is 1.71 bits per heavy atom. The summed E-state index contributed by atoms with van der Waals surface area (Å²) in [4.78, 5) is 13.0. The summed E-state index contributed by atoms with van der Waals surface area (Å²) < 4.78 is 5.51. The number of aromatic nitrogens is 2. The van der Waals surface area contributed by atoms with Crippen molar-refractivity contribution in [3.05, 3.63) is 22.0 Å². The molecule has 0 spiro atoms. The van der Waals surface area contributed by atoms with Gasteiger partial charge in [0, 0.05) is 6.42 Å². The number of hydrogen-bond acceptors (Lipinski definition) is 7. The monoisotopic (exact) mass is 245 g/mol. The van der Waals surface area contributed by atoms with Crippen LogP contribution in [0.4, 0.5) is 5.95 Å². The van der Waals surface area contributed by atoms with Crippen LogP contribution in [0.25, 0.3) is 0 Å². The molecule has 2 heterocycles. The van der Waals surface area contributed by atoms with E-state index in [9.17, 15) is 20.4 Å². The van der Waals surface area contributed by atoms with E-state index in [-0.39, 0.29) is 23.5 Å². The predicted octanol–water partition coefficient (Wildman–Crippen LogP) is -0.788. The third-order valence-corrected chi connectivity index (χ3v) is 2.60. The van der Waals surface area contributed by atoms with Crippen LogP contribution in [0.15, 0.2) is 6.20 Å². The normalized spacial score (nSPS) is 28.5. The summed E-state index contributed by atoms with van der Waals surface area (Å²) in [6, 6.07) is 0. The molecule has 17 heavy (non-hydrogen) atoms. The van der Waals surface area contributed by atoms with Gasteiger partial charge in [0.05, 0.1) is 18.8 Å². The van der Waals surface area contributed by atoms with Crippen LogP contribution < -0.4 is 0 Å². The Labute approximate surface area is 95.0 Å². The van der Waals surface area contributed by atoms with E-state index in [1.165, 1.54) is 0 Å². The SMILES string of the molecule is O=[N+]([O-])c1ncc([C@@H]2O[C@H](CO)C[C@@H]2O)n1O. The van der Waals surface area contributed by atoms with Gasteiger partial charge in [-0.2, -0.15) is 0 Å². The Kier molecular flexibility index (Phi) is 2.96. The lowest BCUT2D eigenvalue weighted by molar-refractivity contribution is -0.401. The van der Waals surface area contributed by atoms with E-state index >= 15 is 0 Å². The second kappa shape index (κ2) is 4.28. The summed E-state index contributed by atoms with van der Waals surface area (Å²) in [7, 11) is 0. The lowest BCUT2D eigenvalue weighted by atomic mass is 10.1. The molecule has 9 nitrogen and oxygen atoms in total. The fourth-order valence-corrected chi connectivity index (χ4v) is 1.80. The van der Waals surface area contributed by atoms with Crippen LogP contribution >= 0.6 is 0 Å². The van der Waals surface area contributed by atoms with Crippen LogP contribution in [-0.2, 0) is 4.74 Å². The van der Waals surface area contributed by atoms with E-state index in [0.29, 0.717) is 0 Å². The average Bonchev–Trinajstić information content (AvgIpc) is 2.81. The number of imidazole rings is 1. The fraction of sp³-hybridized carbons (Fsp3) is 0.625. The van der Waals surface area contributed by atoms with E-state index in [1.807, 2.05) is 0 Å². The van der Waals surface area contributed by atoms with Gasteiger partial charge in [0.1, 0.15) is 12.3 Å². The number of hydrogen-bond donors (Lipinski definition) is 3. The maximum atomic E-state index is 10.5. The highest BCUT2D eigenvalue weighted by Gasteiger charge is 2.40. The van der Waals surface area contributed by atoms with Gasteiger partial charge in [-0.3, -0.25) is 0 Å². The second-order valence-electron chi connectivity index (χ2n) is 3.72. The van der Waals surface area contributed by atoms with Gasteiger partial charge in [0.25, 0.3) is 0 Å². The zero-order valence-electron chi connectivity index (χ0n) is 8.63. The van der Waals surface area contributed by atoms with Crippen molar-refractivity contribution in [1.29, 1.82) is 0 Å². The molecule has 1 aromatic rings. The smallest absolute Gasteiger partial charge is 0.394 e. The van der Waals surface area contributed by atoms with Crippen molar-refractivity contribution < 1.29 is 25.1 Å². The molecule has 9 heteroatoms. The summed E-state index contributed by atoms with van der Waals surface area (Å²) >= 11 is 0. The zero-order valence-corrected chi connectivity index (χ0v) is 8.63. The maximum absolute atomic E-state index is 10.5. The summed E-state index contributed by atoms with van der Waals surface area (Å²) in [5, 5.41) is 38.5.